The normalized spacial score (nSPS) is 22.1. The Hall–Kier alpha value is -1.10. The molecule has 1 amide bonds. The largest absolute Gasteiger partial charge is 0.469 e. The molecule has 2 N–H and O–H groups in total. The molecule has 1 aliphatic rings. The van der Waals surface area contributed by atoms with Crippen LogP contribution in [0.25, 0.3) is 0 Å². The highest BCUT2D eigenvalue weighted by Crippen LogP contribution is 2.08. The highest BCUT2D eigenvalue weighted by molar-refractivity contribution is 5.80. The van der Waals surface area contributed by atoms with Crippen molar-refractivity contribution < 1.29 is 14.3 Å². The fourth-order valence-electron chi connectivity index (χ4n) is 1.62. The average Bonchev–Trinajstić information content (AvgIpc) is 2.70. The van der Waals surface area contributed by atoms with Gasteiger partial charge in [-0.15, -0.1) is 0 Å². The standard InChI is InChI=1S/C10H18N2O3/c1-7(5-9(13)15-2)12-10(14)8-3-4-11-6-8/h7-8,11H,3-6H2,1-2H3,(H,12,14). The lowest BCUT2D eigenvalue weighted by molar-refractivity contribution is -0.141. The first-order valence-electron chi connectivity index (χ1n) is 5.21. The van der Waals surface area contributed by atoms with E-state index in [1.165, 1.54) is 7.11 Å². The zero-order valence-corrected chi connectivity index (χ0v) is 9.21. The Kier molecular flexibility index (Phi) is 4.55. The summed E-state index contributed by atoms with van der Waals surface area (Å²) in [4.78, 5) is 22.6. The molecule has 15 heavy (non-hydrogen) atoms. The third-order valence-electron chi connectivity index (χ3n) is 2.52. The summed E-state index contributed by atoms with van der Waals surface area (Å²) in [6.45, 7) is 3.43. The Morgan fingerprint density at radius 2 is 2.33 bits per heavy atom. The minimum Gasteiger partial charge on any atom is -0.469 e. The van der Waals surface area contributed by atoms with E-state index in [0.29, 0.717) is 0 Å². The predicted octanol–water partition coefficient (Wildman–Crippen LogP) is -0.336. The van der Waals surface area contributed by atoms with Crippen LogP contribution in [0.15, 0.2) is 0 Å². The van der Waals surface area contributed by atoms with E-state index < -0.39 is 0 Å². The number of hydrogen-bond acceptors (Lipinski definition) is 4. The monoisotopic (exact) mass is 214 g/mol. The molecule has 1 aliphatic heterocycles. The van der Waals surface area contributed by atoms with Crippen LogP contribution in [0.1, 0.15) is 19.8 Å². The van der Waals surface area contributed by atoms with Gasteiger partial charge in [0.1, 0.15) is 0 Å². The number of nitrogens with one attached hydrogen (secondary N) is 2. The van der Waals surface area contributed by atoms with Crippen LogP contribution in [-0.4, -0.2) is 38.1 Å². The molecule has 1 saturated heterocycles. The van der Waals surface area contributed by atoms with Gasteiger partial charge in [0.15, 0.2) is 0 Å². The van der Waals surface area contributed by atoms with Crippen LogP contribution in [0, 0.1) is 5.92 Å². The smallest absolute Gasteiger partial charge is 0.307 e. The first-order chi connectivity index (χ1) is 7.13. The minimum atomic E-state index is -0.299. The summed E-state index contributed by atoms with van der Waals surface area (Å²) in [6.07, 6.45) is 1.10. The van der Waals surface area contributed by atoms with E-state index in [-0.39, 0.29) is 30.3 Å². The average molecular weight is 214 g/mol. The van der Waals surface area contributed by atoms with Crippen molar-refractivity contribution in [2.24, 2.45) is 5.92 Å². The molecule has 1 heterocycles. The van der Waals surface area contributed by atoms with Gasteiger partial charge in [-0.1, -0.05) is 0 Å². The second-order valence-corrected chi connectivity index (χ2v) is 3.88. The van der Waals surface area contributed by atoms with E-state index in [4.69, 9.17) is 0 Å². The Bertz CT molecular complexity index is 237. The van der Waals surface area contributed by atoms with E-state index in [1.54, 1.807) is 6.92 Å². The second-order valence-electron chi connectivity index (χ2n) is 3.88. The van der Waals surface area contributed by atoms with Crippen LogP contribution >= 0.6 is 0 Å². The number of hydrogen-bond donors (Lipinski definition) is 2. The van der Waals surface area contributed by atoms with Gasteiger partial charge in [0.2, 0.25) is 5.91 Å². The van der Waals surface area contributed by atoms with Gasteiger partial charge in [0.25, 0.3) is 0 Å². The lowest BCUT2D eigenvalue weighted by Gasteiger charge is -2.15. The third-order valence-corrected chi connectivity index (χ3v) is 2.52. The first-order valence-corrected chi connectivity index (χ1v) is 5.21. The maximum atomic E-state index is 11.6. The Balaban J connectivity index is 2.27. The highest BCUT2D eigenvalue weighted by Gasteiger charge is 2.23. The molecule has 5 nitrogen and oxygen atoms in total. The summed E-state index contributed by atoms with van der Waals surface area (Å²) in [6, 6.07) is -0.162. The predicted molar refractivity (Wildman–Crippen MR) is 55.2 cm³/mol. The molecule has 2 atom stereocenters. The topological polar surface area (TPSA) is 67.4 Å². The molecule has 0 aromatic carbocycles. The van der Waals surface area contributed by atoms with Gasteiger partial charge >= 0.3 is 5.97 Å². The van der Waals surface area contributed by atoms with Gasteiger partial charge in [-0.25, -0.2) is 0 Å². The first kappa shape index (κ1) is 12.0. The van der Waals surface area contributed by atoms with Gasteiger partial charge in [0, 0.05) is 12.6 Å². The molecule has 0 aromatic heterocycles. The summed E-state index contributed by atoms with van der Waals surface area (Å²) in [5.74, 6) is -0.228. The molecular weight excluding hydrogens is 196 g/mol. The van der Waals surface area contributed by atoms with Crippen molar-refractivity contribution >= 4 is 11.9 Å². The third kappa shape index (κ3) is 3.87. The zero-order valence-electron chi connectivity index (χ0n) is 9.21. The van der Waals surface area contributed by atoms with Gasteiger partial charge < -0.3 is 15.4 Å². The molecule has 86 valence electrons. The van der Waals surface area contributed by atoms with Crippen molar-refractivity contribution in [3.8, 4) is 0 Å². The number of rotatable bonds is 4. The van der Waals surface area contributed by atoms with Crippen LogP contribution in [0.2, 0.25) is 0 Å². The number of carbonyl (C=O) groups excluding carboxylic acids is 2. The van der Waals surface area contributed by atoms with Crippen molar-refractivity contribution in [2.45, 2.75) is 25.8 Å². The SMILES string of the molecule is COC(=O)CC(C)NC(=O)C1CCNC1. The fraction of sp³-hybridized carbons (Fsp3) is 0.800. The molecule has 0 radical (unpaired) electrons. The quantitative estimate of drug-likeness (QED) is 0.628. The Morgan fingerprint density at radius 1 is 1.60 bits per heavy atom. The molecule has 2 unspecified atom stereocenters. The molecule has 1 rings (SSSR count). The van der Waals surface area contributed by atoms with Crippen molar-refractivity contribution in [3.05, 3.63) is 0 Å². The maximum absolute atomic E-state index is 11.6. The van der Waals surface area contributed by atoms with Gasteiger partial charge in [-0.3, -0.25) is 9.59 Å². The van der Waals surface area contributed by atoms with E-state index in [9.17, 15) is 9.59 Å². The molecule has 0 saturated carbocycles. The molecule has 5 heteroatoms. The van der Waals surface area contributed by atoms with E-state index in [2.05, 4.69) is 15.4 Å². The number of ether oxygens (including phenoxy) is 1. The number of amides is 1. The van der Waals surface area contributed by atoms with Crippen LogP contribution < -0.4 is 10.6 Å². The van der Waals surface area contributed by atoms with E-state index >= 15 is 0 Å². The van der Waals surface area contributed by atoms with Gasteiger partial charge in [-0.2, -0.15) is 0 Å². The number of esters is 1. The summed E-state index contributed by atoms with van der Waals surface area (Å²) in [5, 5.41) is 5.93. The highest BCUT2D eigenvalue weighted by atomic mass is 16.5. The lowest BCUT2D eigenvalue weighted by atomic mass is 10.1. The van der Waals surface area contributed by atoms with Crippen molar-refractivity contribution in [1.82, 2.24) is 10.6 Å². The summed E-state index contributed by atoms with van der Waals surface area (Å²) < 4.78 is 4.53. The van der Waals surface area contributed by atoms with Gasteiger partial charge in [0.05, 0.1) is 19.4 Å². The molecule has 0 bridgehead atoms. The van der Waals surface area contributed by atoms with E-state index in [0.717, 1.165) is 19.5 Å². The van der Waals surface area contributed by atoms with Crippen LogP contribution in [0.3, 0.4) is 0 Å². The van der Waals surface area contributed by atoms with Crippen LogP contribution in [0.5, 0.6) is 0 Å². The van der Waals surface area contributed by atoms with E-state index in [1.807, 2.05) is 0 Å². The fourth-order valence-corrected chi connectivity index (χ4v) is 1.62. The molecule has 0 aliphatic carbocycles. The summed E-state index contributed by atoms with van der Waals surface area (Å²) in [5.41, 5.74) is 0. The van der Waals surface area contributed by atoms with Gasteiger partial charge in [-0.05, 0) is 19.9 Å². The van der Waals surface area contributed by atoms with Crippen molar-refractivity contribution in [1.29, 1.82) is 0 Å². The maximum Gasteiger partial charge on any atom is 0.307 e. The summed E-state index contributed by atoms with van der Waals surface area (Å²) in [7, 11) is 1.35. The minimum absolute atomic E-state index is 0.0244. The Morgan fingerprint density at radius 3 is 2.87 bits per heavy atom. The summed E-state index contributed by atoms with van der Waals surface area (Å²) >= 11 is 0. The molecule has 0 spiro atoms. The van der Waals surface area contributed by atoms with Crippen LogP contribution in [0.4, 0.5) is 0 Å². The Labute approximate surface area is 89.6 Å². The zero-order chi connectivity index (χ0) is 11.3. The second kappa shape index (κ2) is 5.70. The molecular formula is C10H18N2O3. The van der Waals surface area contributed by atoms with Crippen molar-refractivity contribution in [3.63, 3.8) is 0 Å². The lowest BCUT2D eigenvalue weighted by Crippen LogP contribution is -2.39. The molecule has 1 fully saturated rings. The number of carbonyl (C=O) groups is 2. The molecule has 0 aromatic rings. The van der Waals surface area contributed by atoms with Crippen molar-refractivity contribution in [2.75, 3.05) is 20.2 Å². The van der Waals surface area contributed by atoms with Crippen LogP contribution in [-0.2, 0) is 14.3 Å². The number of methoxy groups -OCH3 is 1.